The Hall–Kier alpha value is -0.800. The molecule has 0 bridgehead atoms. The van der Waals surface area contributed by atoms with E-state index in [0.29, 0.717) is 5.70 Å². The molecule has 5 N–H and O–H groups in total. The standard InChI is InChI=1S/C10H18N2O/c1-5-6(2)8(11)9(13)10(4,12)7(5)3/h9,13H,11-12H2,1-4H3. The number of hydrogen-bond donors (Lipinski definition) is 3. The molecule has 1 aliphatic carbocycles. The van der Waals surface area contributed by atoms with Crippen LogP contribution in [-0.2, 0) is 0 Å². The average Bonchev–Trinajstić information content (AvgIpc) is 2.09. The van der Waals surface area contributed by atoms with Crippen LogP contribution >= 0.6 is 0 Å². The zero-order valence-electron chi connectivity index (χ0n) is 8.68. The van der Waals surface area contributed by atoms with Gasteiger partial charge in [0, 0.05) is 5.70 Å². The lowest BCUT2D eigenvalue weighted by atomic mass is 9.77. The van der Waals surface area contributed by atoms with Gasteiger partial charge in [0.15, 0.2) is 0 Å². The van der Waals surface area contributed by atoms with Gasteiger partial charge in [0.2, 0.25) is 0 Å². The highest BCUT2D eigenvalue weighted by molar-refractivity contribution is 5.46. The first-order chi connectivity index (χ1) is 5.80. The van der Waals surface area contributed by atoms with Gasteiger partial charge >= 0.3 is 0 Å². The minimum atomic E-state index is -0.767. The summed E-state index contributed by atoms with van der Waals surface area (Å²) in [7, 11) is 0. The second kappa shape index (κ2) is 2.86. The van der Waals surface area contributed by atoms with Gasteiger partial charge in [-0.05, 0) is 44.4 Å². The van der Waals surface area contributed by atoms with E-state index < -0.39 is 11.6 Å². The lowest BCUT2D eigenvalue weighted by Gasteiger charge is -2.38. The molecule has 0 aromatic rings. The van der Waals surface area contributed by atoms with Crippen molar-refractivity contribution in [3.63, 3.8) is 0 Å². The Kier molecular flexibility index (Phi) is 2.26. The number of nitrogens with two attached hydrogens (primary N) is 2. The van der Waals surface area contributed by atoms with Crippen LogP contribution in [0.3, 0.4) is 0 Å². The van der Waals surface area contributed by atoms with Crippen molar-refractivity contribution in [2.75, 3.05) is 0 Å². The molecule has 0 spiro atoms. The van der Waals surface area contributed by atoms with Crippen molar-refractivity contribution in [3.05, 3.63) is 22.4 Å². The van der Waals surface area contributed by atoms with E-state index in [9.17, 15) is 5.11 Å². The highest BCUT2D eigenvalue weighted by Crippen LogP contribution is 2.33. The SMILES string of the molecule is CC1=C(N)C(O)C(C)(N)C(C)=C1C. The fourth-order valence-corrected chi connectivity index (χ4v) is 1.63. The molecule has 0 fully saturated rings. The molecular formula is C10H18N2O. The molecule has 0 aliphatic heterocycles. The summed E-state index contributed by atoms with van der Waals surface area (Å²) in [5, 5.41) is 9.82. The summed E-state index contributed by atoms with van der Waals surface area (Å²) in [6.07, 6.45) is -0.767. The van der Waals surface area contributed by atoms with Gasteiger partial charge in [-0.1, -0.05) is 0 Å². The zero-order chi connectivity index (χ0) is 10.4. The Bertz CT molecular complexity index is 300. The van der Waals surface area contributed by atoms with Crippen LogP contribution in [0.15, 0.2) is 22.4 Å². The van der Waals surface area contributed by atoms with Crippen LogP contribution in [0, 0.1) is 0 Å². The van der Waals surface area contributed by atoms with Crippen molar-refractivity contribution in [2.45, 2.75) is 39.3 Å². The Morgan fingerprint density at radius 1 is 1.23 bits per heavy atom. The van der Waals surface area contributed by atoms with Crippen molar-refractivity contribution in [1.29, 1.82) is 0 Å². The monoisotopic (exact) mass is 182 g/mol. The molecule has 0 heterocycles. The Labute approximate surface area is 79.1 Å². The second-order valence-corrected chi connectivity index (χ2v) is 4.02. The third kappa shape index (κ3) is 1.28. The van der Waals surface area contributed by atoms with Crippen molar-refractivity contribution in [2.24, 2.45) is 11.5 Å². The predicted molar refractivity (Wildman–Crippen MR) is 53.9 cm³/mol. The number of aliphatic hydroxyl groups is 1. The number of allylic oxidation sites excluding steroid dienone is 2. The van der Waals surface area contributed by atoms with Crippen LogP contribution in [0.25, 0.3) is 0 Å². The molecule has 1 aliphatic rings. The van der Waals surface area contributed by atoms with Crippen LogP contribution < -0.4 is 11.5 Å². The molecule has 0 aromatic carbocycles. The summed E-state index contributed by atoms with van der Waals surface area (Å²) in [5.74, 6) is 0. The van der Waals surface area contributed by atoms with Gasteiger partial charge in [0.05, 0.1) is 5.54 Å². The summed E-state index contributed by atoms with van der Waals surface area (Å²) in [5.41, 5.74) is 14.6. The topological polar surface area (TPSA) is 72.3 Å². The largest absolute Gasteiger partial charge is 0.400 e. The molecule has 0 saturated heterocycles. The van der Waals surface area contributed by atoms with E-state index in [1.807, 2.05) is 20.8 Å². The quantitative estimate of drug-likeness (QED) is 0.515. The summed E-state index contributed by atoms with van der Waals surface area (Å²) in [6.45, 7) is 7.63. The van der Waals surface area contributed by atoms with E-state index >= 15 is 0 Å². The number of hydrogen-bond acceptors (Lipinski definition) is 3. The van der Waals surface area contributed by atoms with Crippen molar-refractivity contribution >= 4 is 0 Å². The maximum Gasteiger partial charge on any atom is 0.115 e. The number of rotatable bonds is 0. The van der Waals surface area contributed by atoms with Crippen LogP contribution in [-0.4, -0.2) is 16.7 Å². The highest BCUT2D eigenvalue weighted by atomic mass is 16.3. The van der Waals surface area contributed by atoms with E-state index in [0.717, 1.165) is 16.7 Å². The summed E-state index contributed by atoms with van der Waals surface area (Å²) >= 11 is 0. The molecule has 3 heteroatoms. The summed E-state index contributed by atoms with van der Waals surface area (Å²) < 4.78 is 0. The minimum absolute atomic E-state index is 0.494. The van der Waals surface area contributed by atoms with Crippen molar-refractivity contribution in [3.8, 4) is 0 Å². The Morgan fingerprint density at radius 3 is 2.15 bits per heavy atom. The maximum atomic E-state index is 9.82. The third-order valence-electron chi connectivity index (χ3n) is 3.23. The molecule has 2 atom stereocenters. The van der Waals surface area contributed by atoms with Gasteiger partial charge in [-0.2, -0.15) is 0 Å². The maximum absolute atomic E-state index is 9.82. The summed E-state index contributed by atoms with van der Waals surface area (Å²) in [6, 6.07) is 0. The zero-order valence-corrected chi connectivity index (χ0v) is 8.68. The van der Waals surface area contributed by atoms with Crippen molar-refractivity contribution < 1.29 is 5.11 Å². The van der Waals surface area contributed by atoms with Crippen LogP contribution in [0.5, 0.6) is 0 Å². The molecule has 1 rings (SSSR count). The molecule has 13 heavy (non-hydrogen) atoms. The second-order valence-electron chi connectivity index (χ2n) is 4.02. The fourth-order valence-electron chi connectivity index (χ4n) is 1.63. The average molecular weight is 182 g/mol. The molecule has 2 unspecified atom stereocenters. The van der Waals surface area contributed by atoms with Gasteiger partial charge in [-0.15, -0.1) is 0 Å². The van der Waals surface area contributed by atoms with Crippen LogP contribution in [0.4, 0.5) is 0 Å². The molecular weight excluding hydrogens is 164 g/mol. The van der Waals surface area contributed by atoms with Gasteiger partial charge < -0.3 is 16.6 Å². The van der Waals surface area contributed by atoms with E-state index in [1.54, 1.807) is 6.92 Å². The predicted octanol–water partition coefficient (Wildman–Crippen LogP) is 0.647. The van der Waals surface area contributed by atoms with Crippen LogP contribution in [0.2, 0.25) is 0 Å². The molecule has 3 nitrogen and oxygen atoms in total. The lowest BCUT2D eigenvalue weighted by molar-refractivity contribution is 0.140. The third-order valence-corrected chi connectivity index (χ3v) is 3.23. The van der Waals surface area contributed by atoms with Crippen molar-refractivity contribution in [1.82, 2.24) is 0 Å². The van der Waals surface area contributed by atoms with E-state index in [-0.39, 0.29) is 0 Å². The van der Waals surface area contributed by atoms with E-state index in [2.05, 4.69) is 0 Å². The molecule has 0 radical (unpaired) electrons. The fraction of sp³-hybridized carbons (Fsp3) is 0.600. The normalized spacial score (nSPS) is 35.7. The number of aliphatic hydroxyl groups excluding tert-OH is 1. The minimum Gasteiger partial charge on any atom is -0.400 e. The molecule has 0 saturated carbocycles. The first-order valence-electron chi connectivity index (χ1n) is 4.41. The van der Waals surface area contributed by atoms with Crippen LogP contribution in [0.1, 0.15) is 27.7 Å². The molecule has 0 amide bonds. The van der Waals surface area contributed by atoms with Gasteiger partial charge in [-0.25, -0.2) is 0 Å². The Morgan fingerprint density at radius 2 is 1.69 bits per heavy atom. The van der Waals surface area contributed by atoms with Gasteiger partial charge in [0.1, 0.15) is 6.10 Å². The first kappa shape index (κ1) is 10.3. The summed E-state index contributed by atoms with van der Waals surface area (Å²) in [4.78, 5) is 0. The molecule has 74 valence electrons. The molecule has 0 aromatic heterocycles. The van der Waals surface area contributed by atoms with Gasteiger partial charge in [-0.3, -0.25) is 0 Å². The van der Waals surface area contributed by atoms with E-state index in [1.165, 1.54) is 0 Å². The van der Waals surface area contributed by atoms with E-state index in [4.69, 9.17) is 11.5 Å². The Balaban J connectivity index is 3.32. The first-order valence-corrected chi connectivity index (χ1v) is 4.41. The highest BCUT2D eigenvalue weighted by Gasteiger charge is 2.37. The van der Waals surface area contributed by atoms with Gasteiger partial charge in [0.25, 0.3) is 0 Å². The lowest BCUT2D eigenvalue weighted by Crippen LogP contribution is -2.53. The smallest absolute Gasteiger partial charge is 0.115 e.